The quantitative estimate of drug-likeness (QED) is 0.480. The molecule has 1 aromatic carbocycles. The summed E-state index contributed by atoms with van der Waals surface area (Å²) in [6, 6.07) is 10.9. The Bertz CT molecular complexity index is 1450. The van der Waals surface area contributed by atoms with E-state index in [1.165, 1.54) is 9.80 Å². The number of hydrogen-bond donors (Lipinski definition) is 1. The molecule has 0 saturated carbocycles. The lowest BCUT2D eigenvalue weighted by Gasteiger charge is -2.42. The van der Waals surface area contributed by atoms with Gasteiger partial charge < -0.3 is 14.7 Å². The molecule has 5 rings (SSSR count). The molecule has 0 radical (unpaired) electrons. The Morgan fingerprint density at radius 1 is 1.05 bits per heavy atom. The minimum absolute atomic E-state index is 0.0764. The lowest BCUT2D eigenvalue weighted by atomic mass is 9.78. The standard InChI is InChI=1S/C30H38N6O5/c1-20-16-32(12-13-33(20)29(39)40)17-22-10-11-34-25(14-22)31-15-26(34)35-19-24(30(2,3)4)27(37)36(28(35)38)18-21-6-8-23(41-5)9-7-21/h6-11,14-15,20,24H,12-13,16-19H2,1-5H3,(H,39,40)/t20-,24?/m0/s1. The molecule has 4 amide bonds. The van der Waals surface area contributed by atoms with Crippen LogP contribution in [0.1, 0.15) is 38.8 Å². The van der Waals surface area contributed by atoms with Crippen LogP contribution in [0.25, 0.3) is 5.65 Å². The second-order valence-electron chi connectivity index (χ2n) is 12.0. The highest BCUT2D eigenvalue weighted by Gasteiger charge is 2.45. The molecule has 2 aromatic heterocycles. The van der Waals surface area contributed by atoms with Crippen LogP contribution in [0.5, 0.6) is 5.75 Å². The van der Waals surface area contributed by atoms with Crippen LogP contribution in [-0.2, 0) is 17.9 Å². The molecule has 2 fully saturated rings. The van der Waals surface area contributed by atoms with E-state index < -0.39 is 12.0 Å². The molecule has 2 aliphatic rings. The molecule has 2 atom stereocenters. The van der Waals surface area contributed by atoms with Gasteiger partial charge in [-0.25, -0.2) is 14.6 Å². The maximum Gasteiger partial charge on any atom is 0.407 e. The van der Waals surface area contributed by atoms with Crippen molar-refractivity contribution in [2.45, 2.75) is 46.8 Å². The molecule has 0 aliphatic carbocycles. The molecule has 1 unspecified atom stereocenters. The predicted molar refractivity (Wildman–Crippen MR) is 154 cm³/mol. The van der Waals surface area contributed by atoms with E-state index in [0.717, 1.165) is 11.1 Å². The first-order chi connectivity index (χ1) is 19.5. The summed E-state index contributed by atoms with van der Waals surface area (Å²) in [4.78, 5) is 50.2. The van der Waals surface area contributed by atoms with Gasteiger partial charge in [0.1, 0.15) is 17.2 Å². The number of pyridine rings is 1. The van der Waals surface area contributed by atoms with Crippen molar-refractivity contribution in [1.82, 2.24) is 24.1 Å². The number of aromatic nitrogens is 2. The number of methoxy groups -OCH3 is 1. The smallest absolute Gasteiger partial charge is 0.407 e. The number of carboxylic acid groups (broad SMARTS) is 1. The summed E-state index contributed by atoms with van der Waals surface area (Å²) >= 11 is 0. The highest BCUT2D eigenvalue weighted by molar-refractivity contribution is 6.06. The average molecular weight is 563 g/mol. The fourth-order valence-corrected chi connectivity index (χ4v) is 5.69. The highest BCUT2D eigenvalue weighted by Crippen LogP contribution is 2.35. The van der Waals surface area contributed by atoms with Gasteiger partial charge in [-0.15, -0.1) is 0 Å². The molecular weight excluding hydrogens is 524 g/mol. The first kappa shape index (κ1) is 28.4. The third-order valence-electron chi connectivity index (χ3n) is 8.13. The number of imidazole rings is 1. The zero-order valence-corrected chi connectivity index (χ0v) is 24.3. The number of rotatable bonds is 6. The number of hydrogen-bond acceptors (Lipinski definition) is 6. The Morgan fingerprint density at radius 3 is 2.41 bits per heavy atom. The van der Waals surface area contributed by atoms with Crippen molar-refractivity contribution in [3.05, 3.63) is 59.9 Å². The van der Waals surface area contributed by atoms with Crippen molar-refractivity contribution in [3.8, 4) is 5.75 Å². The van der Waals surface area contributed by atoms with Gasteiger partial charge in [0.05, 0.1) is 25.8 Å². The van der Waals surface area contributed by atoms with Crippen molar-refractivity contribution in [2.75, 3.05) is 38.2 Å². The lowest BCUT2D eigenvalue weighted by molar-refractivity contribution is -0.137. The minimum Gasteiger partial charge on any atom is -0.497 e. The summed E-state index contributed by atoms with van der Waals surface area (Å²) in [5.41, 5.74) is 2.24. The van der Waals surface area contributed by atoms with E-state index in [1.54, 1.807) is 18.2 Å². The number of benzene rings is 1. The van der Waals surface area contributed by atoms with Crippen LogP contribution in [0.4, 0.5) is 15.4 Å². The van der Waals surface area contributed by atoms with Crippen molar-refractivity contribution in [3.63, 3.8) is 0 Å². The number of imide groups is 1. The van der Waals surface area contributed by atoms with Gasteiger partial charge in [-0.3, -0.25) is 23.9 Å². The van der Waals surface area contributed by atoms with E-state index in [4.69, 9.17) is 4.74 Å². The Kier molecular flexibility index (Phi) is 7.65. The molecule has 11 nitrogen and oxygen atoms in total. The Morgan fingerprint density at radius 2 is 1.78 bits per heavy atom. The van der Waals surface area contributed by atoms with Crippen LogP contribution in [0.3, 0.4) is 0 Å². The first-order valence-electron chi connectivity index (χ1n) is 13.9. The Hall–Kier alpha value is -4.12. The zero-order chi connectivity index (χ0) is 29.5. The number of ether oxygens (including phenoxy) is 1. The van der Waals surface area contributed by atoms with Crippen LogP contribution >= 0.6 is 0 Å². The highest BCUT2D eigenvalue weighted by atomic mass is 16.5. The third kappa shape index (κ3) is 5.72. The predicted octanol–water partition coefficient (Wildman–Crippen LogP) is 4.16. The normalized spacial score (nSPS) is 20.7. The summed E-state index contributed by atoms with van der Waals surface area (Å²) < 4.78 is 7.13. The number of piperazine rings is 1. The minimum atomic E-state index is -0.881. The maximum atomic E-state index is 13.8. The van der Waals surface area contributed by atoms with Gasteiger partial charge in [-0.1, -0.05) is 32.9 Å². The summed E-state index contributed by atoms with van der Waals surface area (Å²) in [6.07, 6.45) is 2.72. The van der Waals surface area contributed by atoms with E-state index in [-0.39, 0.29) is 36.5 Å². The van der Waals surface area contributed by atoms with Gasteiger partial charge in [0.25, 0.3) is 0 Å². The van der Waals surface area contributed by atoms with Crippen LogP contribution in [0.2, 0.25) is 0 Å². The number of carbonyl (C=O) groups is 3. The number of urea groups is 1. The van der Waals surface area contributed by atoms with Crippen molar-refractivity contribution >= 4 is 29.5 Å². The van der Waals surface area contributed by atoms with Crippen LogP contribution in [0.15, 0.2) is 48.8 Å². The molecule has 2 saturated heterocycles. The maximum absolute atomic E-state index is 13.8. The molecular formula is C30H38N6O5. The average Bonchev–Trinajstić information content (AvgIpc) is 3.33. The molecule has 1 N–H and O–H groups in total. The second-order valence-corrected chi connectivity index (χ2v) is 12.0. The van der Waals surface area contributed by atoms with E-state index in [2.05, 4.69) is 9.88 Å². The number of nitrogens with zero attached hydrogens (tertiary/aromatic N) is 6. The third-order valence-corrected chi connectivity index (χ3v) is 8.13. The number of carbonyl (C=O) groups excluding carboxylic acids is 2. The Labute approximate surface area is 239 Å². The van der Waals surface area contributed by atoms with Crippen LogP contribution < -0.4 is 9.64 Å². The Balaban J connectivity index is 1.39. The first-order valence-corrected chi connectivity index (χ1v) is 13.9. The summed E-state index contributed by atoms with van der Waals surface area (Å²) in [5, 5.41) is 9.36. The van der Waals surface area contributed by atoms with Gasteiger partial charge >= 0.3 is 12.1 Å². The van der Waals surface area contributed by atoms with Gasteiger partial charge in [0, 0.05) is 45.0 Å². The van der Waals surface area contributed by atoms with Crippen LogP contribution in [-0.4, -0.2) is 86.6 Å². The van der Waals surface area contributed by atoms with Gasteiger partial charge in [0.15, 0.2) is 0 Å². The summed E-state index contributed by atoms with van der Waals surface area (Å²) in [6.45, 7) is 10.9. The molecule has 0 spiro atoms. The fraction of sp³-hybridized carbons (Fsp3) is 0.467. The van der Waals surface area contributed by atoms with E-state index in [9.17, 15) is 19.5 Å². The van der Waals surface area contributed by atoms with Crippen LogP contribution in [0, 0.1) is 11.3 Å². The van der Waals surface area contributed by atoms with E-state index in [0.29, 0.717) is 43.4 Å². The molecule has 0 bridgehead atoms. The topological polar surface area (TPSA) is 111 Å². The van der Waals surface area contributed by atoms with E-state index in [1.807, 2.05) is 74.7 Å². The van der Waals surface area contributed by atoms with Gasteiger partial charge in [0.2, 0.25) is 5.91 Å². The largest absolute Gasteiger partial charge is 0.497 e. The lowest BCUT2D eigenvalue weighted by Crippen LogP contribution is -2.59. The molecule has 3 aromatic rings. The zero-order valence-electron chi connectivity index (χ0n) is 24.3. The summed E-state index contributed by atoms with van der Waals surface area (Å²) in [7, 11) is 1.60. The van der Waals surface area contributed by atoms with Crippen molar-refractivity contribution in [1.29, 1.82) is 0 Å². The second kappa shape index (κ2) is 11.0. The van der Waals surface area contributed by atoms with E-state index >= 15 is 0 Å². The van der Waals surface area contributed by atoms with Gasteiger partial charge in [-0.2, -0.15) is 0 Å². The molecule has 218 valence electrons. The monoisotopic (exact) mass is 562 g/mol. The molecule has 11 heteroatoms. The number of amides is 4. The van der Waals surface area contributed by atoms with Gasteiger partial charge in [-0.05, 0) is 47.7 Å². The van der Waals surface area contributed by atoms with Crippen molar-refractivity contribution in [2.24, 2.45) is 11.3 Å². The summed E-state index contributed by atoms with van der Waals surface area (Å²) in [5.74, 6) is 0.751. The molecule has 41 heavy (non-hydrogen) atoms. The number of anilines is 1. The molecule has 4 heterocycles. The van der Waals surface area contributed by atoms with Crippen molar-refractivity contribution < 1.29 is 24.2 Å². The molecule has 2 aliphatic heterocycles. The number of fused-ring (bicyclic) bond motifs is 1. The fourth-order valence-electron chi connectivity index (χ4n) is 5.69. The SMILES string of the molecule is COc1ccc(CN2C(=O)C(C(C)(C)C)CN(c3cnc4cc(CN5CCN(C(=O)O)[C@@H](C)C5)ccn34)C2=O)cc1.